The van der Waals surface area contributed by atoms with E-state index < -0.39 is 0 Å². The van der Waals surface area contributed by atoms with Crippen LogP contribution in [-0.2, 0) is 10.9 Å². The summed E-state index contributed by atoms with van der Waals surface area (Å²) in [5, 5.41) is 0. The molecular weight excluding hydrogens is 224 g/mol. The lowest BCUT2D eigenvalue weighted by molar-refractivity contribution is 1.29. The van der Waals surface area contributed by atoms with Gasteiger partial charge in [-0.3, -0.25) is 0 Å². The largest absolute Gasteiger partial charge is 0.157 e. The summed E-state index contributed by atoms with van der Waals surface area (Å²) in [5.41, 5.74) is 5.34. The molecule has 2 aromatic carbocycles. The summed E-state index contributed by atoms with van der Waals surface area (Å²) < 4.78 is 0. The Morgan fingerprint density at radius 2 is 1.35 bits per heavy atom. The van der Waals surface area contributed by atoms with Crippen LogP contribution >= 0.6 is 0 Å². The number of rotatable bonds is 2. The second kappa shape index (κ2) is 4.97. The van der Waals surface area contributed by atoms with Gasteiger partial charge in [0.15, 0.2) is 4.90 Å². The Kier molecular flexibility index (Phi) is 3.58. The Labute approximate surface area is 107 Å². The van der Waals surface area contributed by atoms with Crippen molar-refractivity contribution in [1.29, 1.82) is 0 Å². The Morgan fingerprint density at radius 3 is 1.94 bits per heavy atom. The third kappa shape index (κ3) is 2.73. The van der Waals surface area contributed by atoms with Crippen molar-refractivity contribution in [3.05, 3.63) is 53.6 Å². The van der Waals surface area contributed by atoms with E-state index in [0.29, 0.717) is 10.9 Å². The van der Waals surface area contributed by atoms with E-state index in [1.165, 1.54) is 27.1 Å². The predicted molar refractivity (Wildman–Crippen MR) is 78.8 cm³/mol. The molecule has 0 N–H and O–H groups in total. The molecule has 0 unspecified atom stereocenters. The minimum atomic E-state index is 0.321. The topological polar surface area (TPSA) is 0 Å². The molecule has 0 aliphatic heterocycles. The molecular formula is C16H19S+. The molecule has 0 radical (unpaired) electrons. The Balaban J connectivity index is 2.46. The summed E-state index contributed by atoms with van der Waals surface area (Å²) in [5.74, 6) is 0. The van der Waals surface area contributed by atoms with Crippen molar-refractivity contribution < 1.29 is 0 Å². The van der Waals surface area contributed by atoms with E-state index in [4.69, 9.17) is 0 Å². The zero-order chi connectivity index (χ0) is 12.4. The molecule has 2 aromatic rings. The van der Waals surface area contributed by atoms with Gasteiger partial charge < -0.3 is 0 Å². The molecule has 0 bridgehead atoms. The van der Waals surface area contributed by atoms with Crippen LogP contribution in [0.25, 0.3) is 11.1 Å². The van der Waals surface area contributed by atoms with Gasteiger partial charge in [0.25, 0.3) is 0 Å². The maximum atomic E-state index is 2.34. The molecule has 0 amide bonds. The molecule has 0 atom stereocenters. The molecule has 0 spiro atoms. The maximum Gasteiger partial charge on any atom is 0.157 e. The van der Waals surface area contributed by atoms with E-state index in [1.807, 2.05) is 0 Å². The second-order valence-electron chi connectivity index (χ2n) is 4.66. The first-order valence-electron chi connectivity index (χ1n) is 5.83. The first-order valence-corrected chi connectivity index (χ1v) is 7.87. The molecule has 2 rings (SSSR count). The van der Waals surface area contributed by atoms with Gasteiger partial charge in [0.2, 0.25) is 0 Å². The van der Waals surface area contributed by atoms with Crippen molar-refractivity contribution in [3.8, 4) is 11.1 Å². The average Bonchev–Trinajstić information content (AvgIpc) is 2.30. The van der Waals surface area contributed by atoms with E-state index in [-0.39, 0.29) is 0 Å². The maximum absolute atomic E-state index is 2.34. The van der Waals surface area contributed by atoms with Crippen molar-refractivity contribution in [2.75, 3.05) is 12.5 Å². The van der Waals surface area contributed by atoms with Crippen LogP contribution in [0.15, 0.2) is 47.4 Å². The van der Waals surface area contributed by atoms with E-state index in [1.54, 1.807) is 0 Å². The minimum absolute atomic E-state index is 0.321. The number of benzene rings is 2. The van der Waals surface area contributed by atoms with Crippen LogP contribution in [0.4, 0.5) is 0 Å². The van der Waals surface area contributed by atoms with Crippen molar-refractivity contribution in [2.45, 2.75) is 18.7 Å². The highest BCUT2D eigenvalue weighted by Crippen LogP contribution is 2.25. The summed E-state index contributed by atoms with van der Waals surface area (Å²) >= 11 is 0. The van der Waals surface area contributed by atoms with Crippen LogP contribution < -0.4 is 0 Å². The fourth-order valence-electron chi connectivity index (χ4n) is 1.97. The molecule has 0 heterocycles. The van der Waals surface area contributed by atoms with Crippen LogP contribution in [-0.4, -0.2) is 12.5 Å². The van der Waals surface area contributed by atoms with E-state index in [0.717, 1.165) is 0 Å². The summed E-state index contributed by atoms with van der Waals surface area (Å²) in [6, 6.07) is 15.5. The lowest BCUT2D eigenvalue weighted by Gasteiger charge is -2.06. The van der Waals surface area contributed by atoms with Gasteiger partial charge in [-0.15, -0.1) is 0 Å². The molecule has 1 heteroatoms. The van der Waals surface area contributed by atoms with Crippen LogP contribution in [0.2, 0.25) is 0 Å². The van der Waals surface area contributed by atoms with Gasteiger partial charge in [0.1, 0.15) is 12.5 Å². The molecule has 0 aliphatic rings. The molecule has 0 nitrogen and oxygen atoms in total. The van der Waals surface area contributed by atoms with Gasteiger partial charge in [-0.1, -0.05) is 42.0 Å². The lowest BCUT2D eigenvalue weighted by atomic mass is 10.0. The predicted octanol–water partition coefficient (Wildman–Crippen LogP) is 4.21. The zero-order valence-electron chi connectivity index (χ0n) is 10.9. The number of aryl methyl sites for hydroxylation is 2. The van der Waals surface area contributed by atoms with Crippen LogP contribution in [0, 0.1) is 13.8 Å². The smallest absolute Gasteiger partial charge is 0.0587 e. The van der Waals surface area contributed by atoms with E-state index >= 15 is 0 Å². The zero-order valence-corrected chi connectivity index (χ0v) is 11.8. The first kappa shape index (κ1) is 12.3. The van der Waals surface area contributed by atoms with Gasteiger partial charge in [0, 0.05) is 22.5 Å². The monoisotopic (exact) mass is 243 g/mol. The van der Waals surface area contributed by atoms with Crippen molar-refractivity contribution in [1.82, 2.24) is 0 Å². The van der Waals surface area contributed by atoms with Gasteiger partial charge >= 0.3 is 0 Å². The molecule has 0 saturated heterocycles. The molecule has 0 fully saturated rings. The summed E-state index contributed by atoms with van der Waals surface area (Å²) in [6.45, 7) is 4.32. The Hall–Kier alpha value is -1.21. The Morgan fingerprint density at radius 1 is 0.765 bits per heavy atom. The fourth-order valence-corrected chi connectivity index (χ4v) is 3.04. The SMILES string of the molecule is Cc1ccc(-c2ccc(C)c([S+](C)C)c2)cc1. The minimum Gasteiger partial charge on any atom is -0.0587 e. The third-order valence-electron chi connectivity index (χ3n) is 3.01. The van der Waals surface area contributed by atoms with Crippen LogP contribution in [0.5, 0.6) is 0 Å². The third-order valence-corrected chi connectivity index (χ3v) is 4.33. The van der Waals surface area contributed by atoms with Gasteiger partial charge in [-0.2, -0.15) is 0 Å². The lowest BCUT2D eigenvalue weighted by Crippen LogP contribution is -1.98. The first-order chi connectivity index (χ1) is 8.08. The van der Waals surface area contributed by atoms with E-state index in [2.05, 4.69) is 68.8 Å². The summed E-state index contributed by atoms with van der Waals surface area (Å²) in [6.07, 6.45) is 4.56. The highest BCUT2D eigenvalue weighted by molar-refractivity contribution is 7.95. The molecule has 0 aromatic heterocycles. The van der Waals surface area contributed by atoms with Crippen LogP contribution in [0.3, 0.4) is 0 Å². The van der Waals surface area contributed by atoms with Crippen LogP contribution in [0.1, 0.15) is 11.1 Å². The van der Waals surface area contributed by atoms with Crippen molar-refractivity contribution in [2.24, 2.45) is 0 Å². The second-order valence-corrected chi connectivity index (χ2v) is 6.74. The van der Waals surface area contributed by atoms with Gasteiger partial charge in [-0.25, -0.2) is 0 Å². The summed E-state index contributed by atoms with van der Waals surface area (Å²) in [4.78, 5) is 1.48. The fraction of sp³-hybridized carbons (Fsp3) is 0.250. The molecule has 0 saturated carbocycles. The number of hydrogen-bond donors (Lipinski definition) is 0. The van der Waals surface area contributed by atoms with Gasteiger partial charge in [-0.05, 0) is 25.0 Å². The highest BCUT2D eigenvalue weighted by atomic mass is 32.2. The Bertz CT molecular complexity index is 510. The highest BCUT2D eigenvalue weighted by Gasteiger charge is 2.13. The van der Waals surface area contributed by atoms with Crippen molar-refractivity contribution in [3.63, 3.8) is 0 Å². The van der Waals surface area contributed by atoms with Gasteiger partial charge in [0.05, 0.1) is 0 Å². The quantitative estimate of drug-likeness (QED) is 0.693. The summed E-state index contributed by atoms with van der Waals surface area (Å²) in [7, 11) is 0.321. The number of hydrogen-bond acceptors (Lipinski definition) is 0. The molecule has 0 aliphatic carbocycles. The standard InChI is InChI=1S/C16H19S/c1-12-5-8-14(9-6-12)15-10-7-13(2)16(11-15)17(3)4/h5-11H,1-4H3/q+1. The normalized spacial score (nSPS) is 10.9. The average molecular weight is 243 g/mol. The molecule has 88 valence electrons. The van der Waals surface area contributed by atoms with E-state index in [9.17, 15) is 0 Å². The molecule has 17 heavy (non-hydrogen) atoms. The van der Waals surface area contributed by atoms with Crippen molar-refractivity contribution >= 4 is 10.9 Å².